The molecule has 1 saturated carbocycles. The molecule has 1 fully saturated rings. The van der Waals surface area contributed by atoms with Crippen LogP contribution in [0.1, 0.15) is 29.8 Å². The van der Waals surface area contributed by atoms with Gasteiger partial charge in [-0.3, -0.25) is 10.1 Å². The molecule has 8 heteroatoms. The van der Waals surface area contributed by atoms with E-state index in [4.69, 9.17) is 0 Å². The molecule has 0 bridgehead atoms. The maximum atomic E-state index is 11.3. The third kappa shape index (κ3) is 3.51. The van der Waals surface area contributed by atoms with E-state index in [9.17, 15) is 10.1 Å². The molecule has 0 aliphatic heterocycles. The zero-order valence-electron chi connectivity index (χ0n) is 15.2. The van der Waals surface area contributed by atoms with Crippen LogP contribution < -0.4 is 4.90 Å². The Kier molecular flexibility index (Phi) is 4.31. The van der Waals surface area contributed by atoms with Crippen molar-refractivity contribution in [1.29, 1.82) is 0 Å². The highest BCUT2D eigenvalue weighted by Gasteiger charge is 2.31. The van der Waals surface area contributed by atoms with Crippen LogP contribution in [0.2, 0.25) is 0 Å². The Bertz CT molecular complexity index is 978. The summed E-state index contributed by atoms with van der Waals surface area (Å²) in [6.45, 7) is 4.35. The van der Waals surface area contributed by atoms with Crippen LogP contribution >= 0.6 is 0 Å². The lowest BCUT2D eigenvalue weighted by Gasteiger charge is -2.23. The average Bonchev–Trinajstić information content (AvgIpc) is 3.44. The van der Waals surface area contributed by atoms with Crippen LogP contribution in [-0.4, -0.2) is 30.9 Å². The van der Waals surface area contributed by atoms with Gasteiger partial charge in [-0.15, -0.1) is 10.2 Å². The summed E-state index contributed by atoms with van der Waals surface area (Å²) >= 11 is 0. The van der Waals surface area contributed by atoms with E-state index < -0.39 is 0 Å². The van der Waals surface area contributed by atoms with E-state index in [0.717, 1.165) is 30.0 Å². The summed E-state index contributed by atoms with van der Waals surface area (Å²) in [4.78, 5) is 13.1. The normalized spacial score (nSPS) is 13.6. The van der Waals surface area contributed by atoms with Crippen molar-refractivity contribution in [3.63, 3.8) is 0 Å². The third-order valence-corrected chi connectivity index (χ3v) is 4.67. The lowest BCUT2D eigenvalue weighted by molar-refractivity contribution is -0.385. The molecule has 1 aliphatic carbocycles. The van der Waals surface area contributed by atoms with Gasteiger partial charge in [0.05, 0.1) is 17.2 Å². The minimum absolute atomic E-state index is 0.135. The van der Waals surface area contributed by atoms with Crippen molar-refractivity contribution in [3.8, 4) is 5.82 Å². The summed E-state index contributed by atoms with van der Waals surface area (Å²) in [5, 5.41) is 24.4. The highest BCUT2D eigenvalue weighted by Crippen LogP contribution is 2.33. The molecule has 2 aromatic heterocycles. The van der Waals surface area contributed by atoms with Crippen LogP contribution in [0.5, 0.6) is 0 Å². The van der Waals surface area contributed by atoms with E-state index in [1.54, 1.807) is 16.8 Å². The molecule has 3 aromatic rings. The summed E-state index contributed by atoms with van der Waals surface area (Å²) < 4.78 is 1.76. The van der Waals surface area contributed by atoms with Crippen molar-refractivity contribution in [2.24, 2.45) is 0 Å². The number of benzene rings is 1. The first kappa shape index (κ1) is 17.1. The molecule has 1 aromatic carbocycles. The molecule has 4 rings (SSSR count). The van der Waals surface area contributed by atoms with Gasteiger partial charge in [0, 0.05) is 23.4 Å². The zero-order valence-corrected chi connectivity index (χ0v) is 15.2. The van der Waals surface area contributed by atoms with Crippen molar-refractivity contribution in [3.05, 3.63) is 69.5 Å². The minimum Gasteiger partial charge on any atom is -0.348 e. The van der Waals surface area contributed by atoms with Crippen LogP contribution in [0.3, 0.4) is 0 Å². The molecule has 1 aliphatic rings. The third-order valence-electron chi connectivity index (χ3n) is 4.67. The molecular weight excluding hydrogens is 344 g/mol. The van der Waals surface area contributed by atoms with Gasteiger partial charge in [-0.05, 0) is 44.9 Å². The first-order chi connectivity index (χ1) is 13.0. The second-order valence-electron chi connectivity index (χ2n) is 6.83. The number of hydrogen-bond donors (Lipinski definition) is 0. The van der Waals surface area contributed by atoms with E-state index in [1.807, 2.05) is 38.1 Å². The Balaban J connectivity index is 1.62. The maximum absolute atomic E-state index is 11.3. The highest BCUT2D eigenvalue weighted by atomic mass is 16.6. The molecule has 0 radical (unpaired) electrons. The highest BCUT2D eigenvalue weighted by molar-refractivity contribution is 5.47. The summed E-state index contributed by atoms with van der Waals surface area (Å²) in [6, 6.07) is 13.0. The van der Waals surface area contributed by atoms with Crippen molar-refractivity contribution in [1.82, 2.24) is 20.0 Å². The zero-order chi connectivity index (χ0) is 19.0. The SMILES string of the molecule is Cc1cc(C)n(-c2ccc(N(Cc3ccccc3[N+](=O)[O-])C3CC3)nn2)n1. The molecule has 0 spiro atoms. The molecule has 8 nitrogen and oxygen atoms in total. The molecule has 0 amide bonds. The molecule has 0 atom stereocenters. The topological polar surface area (TPSA) is 90.0 Å². The van der Waals surface area contributed by atoms with Gasteiger partial charge in [-0.1, -0.05) is 18.2 Å². The van der Waals surface area contributed by atoms with E-state index >= 15 is 0 Å². The second kappa shape index (κ2) is 6.79. The number of para-hydroxylation sites is 1. The molecule has 138 valence electrons. The standard InChI is InChI=1S/C19H20N6O2/c1-13-11-14(2)24(22-13)19-10-9-18(20-21-19)23(16-7-8-16)12-15-5-3-4-6-17(15)25(26)27/h3-6,9-11,16H,7-8,12H2,1-2H3. The Morgan fingerprint density at radius 3 is 2.56 bits per heavy atom. The maximum Gasteiger partial charge on any atom is 0.274 e. The predicted octanol–water partition coefficient (Wildman–Crippen LogP) is 3.36. The number of hydrogen-bond acceptors (Lipinski definition) is 6. The first-order valence-electron chi connectivity index (χ1n) is 8.89. The lowest BCUT2D eigenvalue weighted by Crippen LogP contribution is -2.26. The molecule has 0 N–H and O–H groups in total. The number of aryl methyl sites for hydroxylation is 2. The van der Waals surface area contributed by atoms with Gasteiger partial charge in [0.2, 0.25) is 0 Å². The molecule has 2 heterocycles. The van der Waals surface area contributed by atoms with Crippen LogP contribution in [0, 0.1) is 24.0 Å². The Labute approximate surface area is 156 Å². The summed E-state index contributed by atoms with van der Waals surface area (Å²) in [7, 11) is 0. The van der Waals surface area contributed by atoms with Crippen LogP contribution in [0.25, 0.3) is 5.82 Å². The van der Waals surface area contributed by atoms with Gasteiger partial charge in [0.15, 0.2) is 11.6 Å². The van der Waals surface area contributed by atoms with Crippen LogP contribution in [0.15, 0.2) is 42.5 Å². The molecular formula is C19H20N6O2. The number of anilines is 1. The van der Waals surface area contributed by atoms with Crippen molar-refractivity contribution in [2.75, 3.05) is 4.90 Å². The Morgan fingerprint density at radius 1 is 1.19 bits per heavy atom. The Morgan fingerprint density at radius 2 is 1.96 bits per heavy atom. The monoisotopic (exact) mass is 364 g/mol. The first-order valence-corrected chi connectivity index (χ1v) is 8.89. The summed E-state index contributed by atoms with van der Waals surface area (Å²) in [5.41, 5.74) is 2.73. The molecule has 0 unspecified atom stereocenters. The number of nitro benzene ring substituents is 1. The van der Waals surface area contributed by atoms with Gasteiger partial charge < -0.3 is 4.90 Å². The number of rotatable bonds is 6. The molecule has 0 saturated heterocycles. The minimum atomic E-state index is -0.335. The van der Waals surface area contributed by atoms with Gasteiger partial charge in [-0.2, -0.15) is 5.10 Å². The fourth-order valence-corrected chi connectivity index (χ4v) is 3.23. The molecule has 27 heavy (non-hydrogen) atoms. The van der Waals surface area contributed by atoms with E-state index in [2.05, 4.69) is 20.2 Å². The Hall–Kier alpha value is -3.29. The summed E-state index contributed by atoms with van der Waals surface area (Å²) in [5.74, 6) is 1.38. The van der Waals surface area contributed by atoms with Crippen molar-refractivity contribution >= 4 is 11.5 Å². The van der Waals surface area contributed by atoms with Gasteiger partial charge in [0.25, 0.3) is 5.69 Å². The quantitative estimate of drug-likeness (QED) is 0.492. The largest absolute Gasteiger partial charge is 0.348 e. The fourth-order valence-electron chi connectivity index (χ4n) is 3.23. The van der Waals surface area contributed by atoms with Crippen molar-refractivity contribution < 1.29 is 4.92 Å². The van der Waals surface area contributed by atoms with Crippen LogP contribution in [0.4, 0.5) is 11.5 Å². The predicted molar refractivity (Wildman–Crippen MR) is 101 cm³/mol. The number of nitro groups is 1. The smallest absolute Gasteiger partial charge is 0.274 e. The van der Waals surface area contributed by atoms with E-state index in [0.29, 0.717) is 24.0 Å². The van der Waals surface area contributed by atoms with Gasteiger partial charge in [0.1, 0.15) is 0 Å². The van der Waals surface area contributed by atoms with Gasteiger partial charge >= 0.3 is 0 Å². The van der Waals surface area contributed by atoms with Gasteiger partial charge in [-0.25, -0.2) is 4.68 Å². The number of nitrogens with zero attached hydrogens (tertiary/aromatic N) is 6. The summed E-state index contributed by atoms with van der Waals surface area (Å²) in [6.07, 6.45) is 2.11. The average molecular weight is 364 g/mol. The lowest BCUT2D eigenvalue weighted by atomic mass is 10.1. The second-order valence-corrected chi connectivity index (χ2v) is 6.83. The van der Waals surface area contributed by atoms with Crippen molar-refractivity contribution in [2.45, 2.75) is 39.3 Å². The van der Waals surface area contributed by atoms with E-state index in [1.165, 1.54) is 6.07 Å². The van der Waals surface area contributed by atoms with Crippen LogP contribution in [-0.2, 0) is 6.54 Å². The fraction of sp³-hybridized carbons (Fsp3) is 0.316. The van der Waals surface area contributed by atoms with E-state index in [-0.39, 0.29) is 10.6 Å². The number of aromatic nitrogens is 4.